The Labute approximate surface area is 39.7 Å². The molecule has 0 bridgehead atoms. The lowest BCUT2D eigenvalue weighted by Gasteiger charge is -1.79. The second-order valence-corrected chi connectivity index (χ2v) is 0.914. The smallest absolute Gasteiger partial charge is 0.273 e. The molecule has 0 fully saturated rings. The topological polar surface area (TPSA) is 95.2 Å². The van der Waals surface area contributed by atoms with Gasteiger partial charge in [-0.15, -0.1) is 0 Å². The molecule has 0 aromatic carbocycles. The molecule has 5 heteroatoms. The van der Waals surface area contributed by atoms with Crippen molar-refractivity contribution in [1.82, 2.24) is 0 Å². The first kappa shape index (κ1) is 5.74. The minimum atomic E-state index is -0.713. The van der Waals surface area contributed by atoms with Crippen molar-refractivity contribution in [2.45, 2.75) is 0 Å². The summed E-state index contributed by atoms with van der Waals surface area (Å²) < 4.78 is 0. The van der Waals surface area contributed by atoms with E-state index >= 15 is 0 Å². The molecule has 0 saturated carbocycles. The van der Waals surface area contributed by atoms with E-state index in [4.69, 9.17) is 11.5 Å². The SMILES string of the molecule is NC(N)=C[N+](=O)[O-]. The van der Waals surface area contributed by atoms with Gasteiger partial charge in [0.25, 0.3) is 6.20 Å². The number of nitro groups is 1. The van der Waals surface area contributed by atoms with Gasteiger partial charge in [0.1, 0.15) is 0 Å². The molecule has 0 aliphatic heterocycles. The first-order valence-corrected chi connectivity index (χ1v) is 1.49. The lowest BCUT2D eigenvalue weighted by molar-refractivity contribution is -0.403. The molecule has 0 unspecified atom stereocenters. The normalized spacial score (nSPS) is 7.43. The molecule has 4 N–H and O–H groups in total. The van der Waals surface area contributed by atoms with Crippen LogP contribution in [0.3, 0.4) is 0 Å². The molecule has 0 spiro atoms. The molecule has 0 amide bonds. The molecule has 5 nitrogen and oxygen atoms in total. The van der Waals surface area contributed by atoms with Gasteiger partial charge in [-0.1, -0.05) is 0 Å². The van der Waals surface area contributed by atoms with E-state index in [0.717, 1.165) is 0 Å². The predicted octanol–water partition coefficient (Wildman–Crippen LogP) is -1.02. The Kier molecular flexibility index (Phi) is 1.65. The third-order valence-electron chi connectivity index (χ3n) is 0.254. The highest BCUT2D eigenvalue weighted by molar-refractivity contribution is 4.80. The van der Waals surface area contributed by atoms with Crippen LogP contribution in [0, 0.1) is 10.1 Å². The van der Waals surface area contributed by atoms with Gasteiger partial charge < -0.3 is 11.5 Å². The highest BCUT2D eigenvalue weighted by atomic mass is 16.6. The summed E-state index contributed by atoms with van der Waals surface area (Å²) in [4.78, 5) is 8.67. The zero-order valence-corrected chi connectivity index (χ0v) is 3.50. The van der Waals surface area contributed by atoms with Gasteiger partial charge in [-0.2, -0.15) is 0 Å². The van der Waals surface area contributed by atoms with Crippen molar-refractivity contribution in [2.24, 2.45) is 11.5 Å². The summed E-state index contributed by atoms with van der Waals surface area (Å²) in [6.45, 7) is 0. The summed E-state index contributed by atoms with van der Waals surface area (Å²) in [6.07, 6.45) is 0.528. The number of rotatable bonds is 1. The minimum absolute atomic E-state index is 0.287. The maximum absolute atomic E-state index is 9.38. The maximum Gasteiger partial charge on any atom is 0.273 e. The lowest BCUT2D eigenvalue weighted by Crippen LogP contribution is -2.09. The average Bonchev–Trinajstić information content (AvgIpc) is 1.27. The van der Waals surface area contributed by atoms with E-state index in [1.54, 1.807) is 0 Å². The van der Waals surface area contributed by atoms with E-state index in [-0.39, 0.29) is 5.82 Å². The Bertz CT molecular complexity index is 104. The van der Waals surface area contributed by atoms with Gasteiger partial charge in [0.15, 0.2) is 5.82 Å². The third kappa shape index (κ3) is 4.74. The molecule has 0 aliphatic rings. The summed E-state index contributed by atoms with van der Waals surface area (Å²) in [5, 5.41) is 9.38. The average molecular weight is 103 g/mol. The molecule has 0 saturated heterocycles. The number of hydrogen-bond acceptors (Lipinski definition) is 4. The first-order valence-electron chi connectivity index (χ1n) is 1.49. The summed E-state index contributed by atoms with van der Waals surface area (Å²) in [5.41, 5.74) is 9.38. The van der Waals surface area contributed by atoms with Gasteiger partial charge in [-0.05, 0) is 0 Å². The van der Waals surface area contributed by atoms with Gasteiger partial charge >= 0.3 is 0 Å². The van der Waals surface area contributed by atoms with Crippen LogP contribution in [0.1, 0.15) is 0 Å². The Morgan fingerprint density at radius 2 is 2.14 bits per heavy atom. The maximum atomic E-state index is 9.38. The fourth-order valence-corrected chi connectivity index (χ4v) is 0.122. The van der Waals surface area contributed by atoms with Gasteiger partial charge in [-0.3, -0.25) is 10.1 Å². The van der Waals surface area contributed by atoms with E-state index in [1.807, 2.05) is 0 Å². The van der Waals surface area contributed by atoms with Crippen molar-refractivity contribution in [2.75, 3.05) is 0 Å². The number of nitrogens with two attached hydrogens (primary N) is 2. The van der Waals surface area contributed by atoms with E-state index in [0.29, 0.717) is 6.20 Å². The largest absolute Gasteiger partial charge is 0.381 e. The standard InChI is InChI=1S/C2H5N3O2/c3-2(4)1-5(6)7/h1H,3-4H2. The Morgan fingerprint density at radius 3 is 2.14 bits per heavy atom. The highest BCUT2D eigenvalue weighted by Gasteiger charge is 1.85. The quantitative estimate of drug-likeness (QED) is 0.328. The summed E-state index contributed by atoms with van der Waals surface area (Å²) >= 11 is 0. The Balaban J connectivity index is 3.68. The van der Waals surface area contributed by atoms with E-state index in [2.05, 4.69) is 0 Å². The van der Waals surface area contributed by atoms with Crippen molar-refractivity contribution < 1.29 is 4.92 Å². The summed E-state index contributed by atoms with van der Waals surface area (Å²) in [5.74, 6) is -0.287. The van der Waals surface area contributed by atoms with Crippen molar-refractivity contribution in [3.8, 4) is 0 Å². The fourth-order valence-electron chi connectivity index (χ4n) is 0.122. The zero-order chi connectivity index (χ0) is 5.86. The van der Waals surface area contributed by atoms with Crippen LogP contribution in [0.15, 0.2) is 12.0 Å². The van der Waals surface area contributed by atoms with Gasteiger partial charge in [0.05, 0.1) is 4.92 Å². The zero-order valence-electron chi connectivity index (χ0n) is 3.50. The minimum Gasteiger partial charge on any atom is -0.381 e. The molecule has 0 aliphatic carbocycles. The highest BCUT2D eigenvalue weighted by Crippen LogP contribution is 1.69. The summed E-state index contributed by atoms with van der Waals surface area (Å²) in [6, 6.07) is 0. The second kappa shape index (κ2) is 2.01. The number of nitrogens with zero attached hydrogens (tertiary/aromatic N) is 1. The lowest BCUT2D eigenvalue weighted by atomic mass is 10.8. The summed E-state index contributed by atoms with van der Waals surface area (Å²) in [7, 11) is 0. The second-order valence-electron chi connectivity index (χ2n) is 0.914. The van der Waals surface area contributed by atoms with Crippen LogP contribution >= 0.6 is 0 Å². The molecule has 7 heavy (non-hydrogen) atoms. The van der Waals surface area contributed by atoms with Crippen LogP contribution in [0.25, 0.3) is 0 Å². The molecule has 0 aromatic heterocycles. The molecule has 0 radical (unpaired) electrons. The van der Waals surface area contributed by atoms with Gasteiger partial charge in [-0.25, -0.2) is 0 Å². The molecule has 40 valence electrons. The van der Waals surface area contributed by atoms with Gasteiger partial charge in [0.2, 0.25) is 0 Å². The molecular weight excluding hydrogens is 98.0 g/mol. The molecular formula is C2H5N3O2. The molecule has 0 aromatic rings. The molecule has 0 atom stereocenters. The monoisotopic (exact) mass is 103 g/mol. The third-order valence-corrected chi connectivity index (χ3v) is 0.254. The Morgan fingerprint density at radius 1 is 1.71 bits per heavy atom. The molecule has 0 rings (SSSR count). The fraction of sp³-hybridized carbons (Fsp3) is 0. The van der Waals surface area contributed by atoms with Gasteiger partial charge in [0, 0.05) is 0 Å². The van der Waals surface area contributed by atoms with Crippen LogP contribution < -0.4 is 11.5 Å². The van der Waals surface area contributed by atoms with Crippen molar-refractivity contribution >= 4 is 0 Å². The predicted molar refractivity (Wildman–Crippen MR) is 23.5 cm³/mol. The van der Waals surface area contributed by atoms with Crippen molar-refractivity contribution in [3.05, 3.63) is 22.1 Å². The van der Waals surface area contributed by atoms with Crippen LogP contribution in [-0.2, 0) is 0 Å². The first-order chi connectivity index (χ1) is 3.13. The number of hydrogen-bond donors (Lipinski definition) is 2. The van der Waals surface area contributed by atoms with E-state index < -0.39 is 4.92 Å². The van der Waals surface area contributed by atoms with Crippen LogP contribution in [0.2, 0.25) is 0 Å². The van der Waals surface area contributed by atoms with Crippen molar-refractivity contribution in [3.63, 3.8) is 0 Å². The van der Waals surface area contributed by atoms with Crippen LogP contribution in [0.4, 0.5) is 0 Å². The molecule has 0 heterocycles. The van der Waals surface area contributed by atoms with E-state index in [9.17, 15) is 10.1 Å². The Hall–Kier alpha value is -1.26. The van der Waals surface area contributed by atoms with Crippen LogP contribution in [0.5, 0.6) is 0 Å². The van der Waals surface area contributed by atoms with Crippen LogP contribution in [-0.4, -0.2) is 4.92 Å². The van der Waals surface area contributed by atoms with E-state index in [1.165, 1.54) is 0 Å². The van der Waals surface area contributed by atoms with Crippen molar-refractivity contribution in [1.29, 1.82) is 0 Å².